The van der Waals surface area contributed by atoms with E-state index in [0.29, 0.717) is 43.1 Å². The zero-order valence-corrected chi connectivity index (χ0v) is 36.7. The molecule has 6 heterocycles. The van der Waals surface area contributed by atoms with Gasteiger partial charge in [0, 0.05) is 67.0 Å². The summed E-state index contributed by atoms with van der Waals surface area (Å²) in [7, 11) is 0. The number of benzene rings is 3. The van der Waals surface area contributed by atoms with Gasteiger partial charge in [-0.25, -0.2) is 20.1 Å². The Kier molecular flexibility index (Phi) is 12.2. The molecule has 0 radical (unpaired) electrons. The van der Waals surface area contributed by atoms with Crippen molar-refractivity contribution in [2.24, 2.45) is 11.7 Å². The largest absolute Gasteiger partial charge is 0.367 e. The van der Waals surface area contributed by atoms with Gasteiger partial charge in [-0.2, -0.15) is 5.10 Å². The normalized spacial score (nSPS) is 22.6. The Morgan fingerprint density at radius 2 is 1.85 bits per heavy atom. The van der Waals surface area contributed by atoms with E-state index in [1.165, 1.54) is 11.8 Å². The third kappa shape index (κ3) is 9.26. The Morgan fingerprint density at radius 1 is 0.969 bits per heavy atom. The predicted molar refractivity (Wildman–Crippen MR) is 242 cm³/mol. The second kappa shape index (κ2) is 18.4. The van der Waals surface area contributed by atoms with Gasteiger partial charge >= 0.3 is 0 Å². The molecule has 4 atom stereocenters. The predicted octanol–water partition coefficient (Wildman–Crippen LogP) is 3.29. The number of aromatic nitrogens is 4. The fourth-order valence-corrected chi connectivity index (χ4v) is 10.3. The van der Waals surface area contributed by atoms with Gasteiger partial charge in [-0.05, 0) is 84.7 Å². The number of piperidine rings is 1. The number of hydrogen-bond acceptors (Lipinski definition) is 16. The van der Waals surface area contributed by atoms with Crippen molar-refractivity contribution in [3.8, 4) is 0 Å². The van der Waals surface area contributed by atoms with E-state index in [0.717, 1.165) is 70.3 Å². The number of anilines is 3. The van der Waals surface area contributed by atoms with Crippen LogP contribution in [-0.4, -0.2) is 100 Å². The lowest BCUT2D eigenvalue weighted by molar-refractivity contribution is -0.281. The number of nitrogens with two attached hydrogens (primary N) is 1. The van der Waals surface area contributed by atoms with Crippen molar-refractivity contribution < 1.29 is 24.1 Å². The zero-order chi connectivity index (χ0) is 44.5. The molecule has 0 saturated carbocycles. The number of rotatable bonds is 11. The summed E-state index contributed by atoms with van der Waals surface area (Å²) in [5.74, 6) is -0.201. The summed E-state index contributed by atoms with van der Waals surface area (Å²) >= 11 is 1.50. The highest BCUT2D eigenvalue weighted by molar-refractivity contribution is 7.99. The molecule has 19 heteroatoms. The lowest BCUT2D eigenvalue weighted by Crippen LogP contribution is -2.55. The van der Waals surface area contributed by atoms with Crippen LogP contribution in [0.1, 0.15) is 68.8 Å². The standard InChI is InChI=1S/C46H51N13O5S/c1-46(47)12-16-57(17-13-46)38-23-50-39(24-49-38)65-32-7-4-6-31(21-32)54-42(60)40-33-8-3-2-5-29(33)20-35(40)36-26-58(18-15-48-36)37-11-14-53-55-41(37)43(61)51-22-28-9-10-34-30(19-28)25-59(44(34)62)45-52-27-63-56-64-45/h2-11,14,19,21,23-24,35-36,40,45,48,52,56H,12-13,15-18,20,22,25-27,47H2,1H3,(H,51,61)(H,54,60). The number of piperazine rings is 1. The average molecular weight is 898 g/mol. The number of carbonyl (C=O) groups excluding carboxylic acids is 3. The van der Waals surface area contributed by atoms with E-state index >= 15 is 0 Å². The number of carbonyl (C=O) groups is 3. The molecule has 4 unspecified atom stereocenters. The third-order valence-electron chi connectivity index (χ3n) is 13.0. The van der Waals surface area contributed by atoms with Crippen molar-refractivity contribution >= 4 is 46.7 Å². The van der Waals surface area contributed by atoms with E-state index in [-0.39, 0.29) is 54.2 Å². The zero-order valence-electron chi connectivity index (χ0n) is 35.9. The van der Waals surface area contributed by atoms with Gasteiger partial charge in [0.2, 0.25) is 12.3 Å². The first-order valence-corrected chi connectivity index (χ1v) is 22.8. The topological polar surface area (TPSA) is 217 Å². The van der Waals surface area contributed by atoms with Crippen LogP contribution < -0.4 is 42.4 Å². The van der Waals surface area contributed by atoms with Crippen molar-refractivity contribution in [1.29, 1.82) is 0 Å². The third-order valence-corrected chi connectivity index (χ3v) is 13.9. The minimum Gasteiger partial charge on any atom is -0.367 e. The van der Waals surface area contributed by atoms with Crippen LogP contribution in [0.4, 0.5) is 17.2 Å². The van der Waals surface area contributed by atoms with Gasteiger partial charge in [-0.3, -0.25) is 24.1 Å². The average Bonchev–Trinajstić information content (AvgIpc) is 3.89. The van der Waals surface area contributed by atoms with Crippen molar-refractivity contribution in [2.75, 3.05) is 54.6 Å². The SMILES string of the molecule is CC1(N)CCN(c2cnc(Sc3cccc(NC(=O)C4c5ccccc5CC4C4CN(c5ccnnc5C(=O)NCc5ccc6c(c5)CN(C5NCONO5)C6=O)CCN4)c3)cn2)CC1. The molecule has 1 aliphatic carbocycles. The molecular weight excluding hydrogens is 847 g/mol. The van der Waals surface area contributed by atoms with Gasteiger partial charge in [0.15, 0.2) is 5.69 Å². The summed E-state index contributed by atoms with van der Waals surface area (Å²) in [6.45, 7) is 6.41. The molecule has 2 aromatic heterocycles. The molecule has 0 spiro atoms. The maximum atomic E-state index is 14.5. The molecule has 3 aromatic carbocycles. The van der Waals surface area contributed by atoms with E-state index in [1.54, 1.807) is 23.4 Å². The Bertz CT molecular complexity index is 2570. The van der Waals surface area contributed by atoms with Gasteiger partial charge in [0.05, 0.1) is 36.7 Å². The van der Waals surface area contributed by atoms with Crippen LogP contribution in [0.3, 0.4) is 0 Å². The summed E-state index contributed by atoms with van der Waals surface area (Å²) in [5, 5.41) is 22.1. The quantitative estimate of drug-likeness (QED) is 0.112. The van der Waals surface area contributed by atoms with E-state index in [2.05, 4.69) is 66.0 Å². The number of amides is 3. The summed E-state index contributed by atoms with van der Waals surface area (Å²) in [6.07, 6.45) is 7.10. The van der Waals surface area contributed by atoms with Crippen LogP contribution in [-0.2, 0) is 34.0 Å². The number of hydrogen-bond donors (Lipinski definition) is 6. The summed E-state index contributed by atoms with van der Waals surface area (Å²) in [5.41, 5.74) is 14.6. The van der Waals surface area contributed by atoms with Crippen LogP contribution in [0.2, 0.25) is 0 Å². The summed E-state index contributed by atoms with van der Waals surface area (Å²) in [4.78, 5) is 67.9. The van der Waals surface area contributed by atoms with Gasteiger partial charge in [0.25, 0.3) is 11.8 Å². The van der Waals surface area contributed by atoms with Crippen molar-refractivity contribution in [1.82, 2.24) is 46.7 Å². The second-order valence-corrected chi connectivity index (χ2v) is 18.5. The highest BCUT2D eigenvalue weighted by Gasteiger charge is 2.43. The monoisotopic (exact) mass is 897 g/mol. The molecule has 18 nitrogen and oxygen atoms in total. The maximum Gasteiger partial charge on any atom is 0.274 e. The summed E-state index contributed by atoms with van der Waals surface area (Å²) in [6, 6.07) is 23.3. The molecule has 10 rings (SSSR count). The van der Waals surface area contributed by atoms with Gasteiger partial charge in [-0.1, -0.05) is 59.9 Å². The molecule has 5 aromatic rings. The fourth-order valence-electron chi connectivity index (χ4n) is 9.51. The summed E-state index contributed by atoms with van der Waals surface area (Å²) < 4.78 is 0. The fraction of sp³-hybridized carbons (Fsp3) is 0.370. The minimum absolute atomic E-state index is 0.0558. The first kappa shape index (κ1) is 42.9. The van der Waals surface area contributed by atoms with Crippen LogP contribution >= 0.6 is 11.8 Å². The molecule has 3 saturated heterocycles. The van der Waals surface area contributed by atoms with E-state index in [4.69, 9.17) is 25.4 Å². The van der Waals surface area contributed by atoms with Crippen molar-refractivity contribution in [2.45, 2.75) is 73.0 Å². The molecule has 3 fully saturated rings. The highest BCUT2D eigenvalue weighted by Crippen LogP contribution is 2.42. The lowest BCUT2D eigenvalue weighted by atomic mass is 9.84. The Labute approximate surface area is 380 Å². The first-order chi connectivity index (χ1) is 31.7. The molecule has 336 valence electrons. The minimum atomic E-state index is -0.674. The molecule has 7 N–H and O–H groups in total. The molecule has 4 aliphatic heterocycles. The Balaban J connectivity index is 0.793. The van der Waals surface area contributed by atoms with E-state index in [9.17, 15) is 14.4 Å². The Hall–Kier alpha value is -6.06. The van der Waals surface area contributed by atoms with E-state index < -0.39 is 12.3 Å². The van der Waals surface area contributed by atoms with Crippen LogP contribution in [0.25, 0.3) is 0 Å². The molecule has 65 heavy (non-hydrogen) atoms. The van der Waals surface area contributed by atoms with E-state index in [1.807, 2.05) is 60.8 Å². The number of nitrogens with one attached hydrogen (secondary N) is 5. The van der Waals surface area contributed by atoms with Gasteiger partial charge in [0.1, 0.15) is 17.6 Å². The molecular formula is C46H51N13O5S. The molecule has 5 aliphatic rings. The van der Waals surface area contributed by atoms with Crippen LogP contribution in [0.5, 0.6) is 0 Å². The maximum absolute atomic E-state index is 14.5. The highest BCUT2D eigenvalue weighted by atomic mass is 32.2. The van der Waals surface area contributed by atoms with Gasteiger partial charge < -0.3 is 31.5 Å². The van der Waals surface area contributed by atoms with Crippen molar-refractivity contribution in [3.63, 3.8) is 0 Å². The number of nitrogens with zero attached hydrogens (tertiary/aromatic N) is 7. The van der Waals surface area contributed by atoms with Crippen molar-refractivity contribution in [3.05, 3.63) is 125 Å². The molecule has 3 amide bonds. The second-order valence-electron chi connectivity index (χ2n) is 17.4. The van der Waals surface area contributed by atoms with Crippen LogP contribution in [0.15, 0.2) is 101 Å². The first-order valence-electron chi connectivity index (χ1n) is 21.9. The Morgan fingerprint density at radius 3 is 2.68 bits per heavy atom. The smallest absolute Gasteiger partial charge is 0.274 e. The van der Waals surface area contributed by atoms with Gasteiger partial charge in [-0.15, -0.1) is 5.10 Å². The number of fused-ring (bicyclic) bond motifs is 2. The molecule has 0 bridgehead atoms. The lowest BCUT2D eigenvalue weighted by Gasteiger charge is -2.39. The van der Waals surface area contributed by atoms with Crippen LogP contribution in [0, 0.1) is 5.92 Å².